The van der Waals surface area contributed by atoms with Crippen molar-refractivity contribution in [3.63, 3.8) is 0 Å². The number of ether oxygens (including phenoxy) is 1. The van der Waals surface area contributed by atoms with Crippen LogP contribution < -0.4 is 15.4 Å². The predicted molar refractivity (Wildman–Crippen MR) is 100 cm³/mol. The first-order chi connectivity index (χ1) is 12.1. The smallest absolute Gasteiger partial charge is 0.259 e. The fourth-order valence-corrected chi connectivity index (χ4v) is 2.32. The van der Waals surface area contributed by atoms with Gasteiger partial charge in [-0.1, -0.05) is 32.0 Å². The lowest BCUT2D eigenvalue weighted by Crippen LogP contribution is -2.14. The molecule has 2 rings (SSSR count). The standard InChI is InChI=1S/C20H24N2O3/c1-3-8-19(23)21-15-9-7-10-16(14-15)22-20(24)17-11-5-6-12-18(17)25-13-4-2/h5-7,9-12,14H,3-4,8,13H2,1-2H3,(H,21,23)(H,22,24). The maximum absolute atomic E-state index is 12.6. The summed E-state index contributed by atoms with van der Waals surface area (Å²) in [4.78, 5) is 24.3. The number of benzene rings is 2. The number of amides is 2. The molecule has 0 unspecified atom stereocenters. The van der Waals surface area contributed by atoms with Crippen LogP contribution in [0.5, 0.6) is 5.75 Å². The highest BCUT2D eigenvalue weighted by molar-refractivity contribution is 6.06. The Morgan fingerprint density at radius 3 is 2.36 bits per heavy atom. The van der Waals surface area contributed by atoms with Gasteiger partial charge in [0.25, 0.3) is 5.91 Å². The Morgan fingerprint density at radius 2 is 1.64 bits per heavy atom. The maximum Gasteiger partial charge on any atom is 0.259 e. The third-order valence-electron chi connectivity index (χ3n) is 3.47. The van der Waals surface area contributed by atoms with Crippen molar-refractivity contribution in [2.75, 3.05) is 17.2 Å². The fourth-order valence-electron chi connectivity index (χ4n) is 2.32. The summed E-state index contributed by atoms with van der Waals surface area (Å²) in [6.07, 6.45) is 2.13. The molecule has 0 aliphatic rings. The van der Waals surface area contributed by atoms with Crippen LogP contribution in [0.2, 0.25) is 0 Å². The minimum absolute atomic E-state index is 0.0377. The monoisotopic (exact) mass is 340 g/mol. The van der Waals surface area contributed by atoms with E-state index in [9.17, 15) is 9.59 Å². The molecular formula is C20H24N2O3. The van der Waals surface area contributed by atoms with Gasteiger partial charge in [0, 0.05) is 17.8 Å². The molecule has 2 aromatic carbocycles. The van der Waals surface area contributed by atoms with Crippen LogP contribution in [0.1, 0.15) is 43.5 Å². The topological polar surface area (TPSA) is 67.4 Å². The Labute approximate surface area is 148 Å². The minimum Gasteiger partial charge on any atom is -0.493 e. The zero-order valence-electron chi connectivity index (χ0n) is 14.7. The first-order valence-electron chi connectivity index (χ1n) is 8.57. The predicted octanol–water partition coefficient (Wildman–Crippen LogP) is 4.47. The van der Waals surface area contributed by atoms with Gasteiger partial charge in [-0.15, -0.1) is 0 Å². The van der Waals surface area contributed by atoms with Gasteiger partial charge in [0.2, 0.25) is 5.91 Å². The van der Waals surface area contributed by atoms with Gasteiger partial charge in [-0.25, -0.2) is 0 Å². The van der Waals surface area contributed by atoms with Gasteiger partial charge in [-0.05, 0) is 43.2 Å². The molecule has 0 heterocycles. The summed E-state index contributed by atoms with van der Waals surface area (Å²) >= 11 is 0. The van der Waals surface area contributed by atoms with Crippen molar-refractivity contribution in [1.29, 1.82) is 0 Å². The molecule has 0 radical (unpaired) electrons. The van der Waals surface area contributed by atoms with Crippen molar-refractivity contribution in [3.8, 4) is 5.75 Å². The lowest BCUT2D eigenvalue weighted by atomic mass is 10.1. The third-order valence-corrected chi connectivity index (χ3v) is 3.47. The zero-order chi connectivity index (χ0) is 18.1. The van der Waals surface area contributed by atoms with Crippen molar-refractivity contribution in [2.45, 2.75) is 33.1 Å². The Morgan fingerprint density at radius 1 is 0.920 bits per heavy atom. The number of hydrogen-bond donors (Lipinski definition) is 2. The van der Waals surface area contributed by atoms with Crippen LogP contribution in [0, 0.1) is 0 Å². The molecule has 2 aromatic rings. The number of carbonyl (C=O) groups is 2. The lowest BCUT2D eigenvalue weighted by Gasteiger charge is -2.12. The van der Waals surface area contributed by atoms with E-state index in [4.69, 9.17) is 4.74 Å². The fraction of sp³-hybridized carbons (Fsp3) is 0.300. The number of anilines is 2. The molecule has 0 saturated heterocycles. The Hall–Kier alpha value is -2.82. The van der Waals surface area contributed by atoms with E-state index >= 15 is 0 Å². The molecule has 2 amide bonds. The summed E-state index contributed by atoms with van der Waals surface area (Å²) in [6.45, 7) is 4.53. The van der Waals surface area contributed by atoms with E-state index in [1.165, 1.54) is 0 Å². The van der Waals surface area contributed by atoms with E-state index in [0.29, 0.717) is 35.7 Å². The second kappa shape index (κ2) is 9.47. The molecule has 0 spiro atoms. The Bertz CT molecular complexity index is 728. The number of carbonyl (C=O) groups excluding carboxylic acids is 2. The van der Waals surface area contributed by atoms with Gasteiger partial charge in [-0.2, -0.15) is 0 Å². The first kappa shape index (κ1) is 18.5. The third kappa shape index (κ3) is 5.64. The highest BCUT2D eigenvalue weighted by Crippen LogP contribution is 2.21. The second-order valence-corrected chi connectivity index (χ2v) is 5.68. The van der Waals surface area contributed by atoms with Crippen LogP contribution >= 0.6 is 0 Å². The van der Waals surface area contributed by atoms with Crippen molar-refractivity contribution < 1.29 is 14.3 Å². The van der Waals surface area contributed by atoms with E-state index in [1.54, 1.807) is 42.5 Å². The SMILES string of the molecule is CCCOc1ccccc1C(=O)Nc1cccc(NC(=O)CCC)c1. The van der Waals surface area contributed by atoms with E-state index < -0.39 is 0 Å². The molecule has 2 N–H and O–H groups in total. The second-order valence-electron chi connectivity index (χ2n) is 5.68. The molecule has 0 aliphatic carbocycles. The summed E-state index contributed by atoms with van der Waals surface area (Å²) in [6, 6.07) is 14.3. The van der Waals surface area contributed by atoms with Crippen LogP contribution in [0.4, 0.5) is 11.4 Å². The van der Waals surface area contributed by atoms with Crippen LogP contribution in [0.25, 0.3) is 0 Å². The van der Waals surface area contributed by atoms with Gasteiger partial charge < -0.3 is 15.4 Å². The molecular weight excluding hydrogens is 316 g/mol. The summed E-state index contributed by atoms with van der Waals surface area (Å²) in [7, 11) is 0. The molecule has 0 saturated carbocycles. The Kier molecular flexibility index (Phi) is 7.01. The van der Waals surface area contributed by atoms with Crippen LogP contribution in [0.3, 0.4) is 0 Å². The maximum atomic E-state index is 12.6. The highest BCUT2D eigenvalue weighted by atomic mass is 16.5. The number of para-hydroxylation sites is 1. The molecule has 5 nitrogen and oxygen atoms in total. The summed E-state index contributed by atoms with van der Waals surface area (Å²) in [5.41, 5.74) is 1.76. The van der Waals surface area contributed by atoms with Crippen molar-refractivity contribution >= 4 is 23.2 Å². The summed E-state index contributed by atoms with van der Waals surface area (Å²) in [5.74, 6) is 0.280. The van der Waals surface area contributed by atoms with Gasteiger partial charge in [-0.3, -0.25) is 9.59 Å². The van der Waals surface area contributed by atoms with Gasteiger partial charge in [0.15, 0.2) is 0 Å². The van der Waals surface area contributed by atoms with Crippen LogP contribution in [0.15, 0.2) is 48.5 Å². The van der Waals surface area contributed by atoms with Gasteiger partial charge in [0.05, 0.1) is 12.2 Å². The number of nitrogens with one attached hydrogen (secondary N) is 2. The highest BCUT2D eigenvalue weighted by Gasteiger charge is 2.12. The van der Waals surface area contributed by atoms with Crippen LogP contribution in [-0.4, -0.2) is 18.4 Å². The molecule has 0 fully saturated rings. The van der Waals surface area contributed by atoms with E-state index in [0.717, 1.165) is 12.8 Å². The van der Waals surface area contributed by atoms with E-state index in [2.05, 4.69) is 10.6 Å². The van der Waals surface area contributed by atoms with E-state index in [1.807, 2.05) is 19.9 Å². The lowest BCUT2D eigenvalue weighted by molar-refractivity contribution is -0.116. The average molecular weight is 340 g/mol. The van der Waals surface area contributed by atoms with Gasteiger partial charge in [0.1, 0.15) is 5.75 Å². The molecule has 132 valence electrons. The van der Waals surface area contributed by atoms with Crippen molar-refractivity contribution in [1.82, 2.24) is 0 Å². The summed E-state index contributed by atoms with van der Waals surface area (Å²) in [5, 5.41) is 5.67. The van der Waals surface area contributed by atoms with E-state index in [-0.39, 0.29) is 11.8 Å². The van der Waals surface area contributed by atoms with Crippen LogP contribution in [-0.2, 0) is 4.79 Å². The summed E-state index contributed by atoms with van der Waals surface area (Å²) < 4.78 is 5.63. The first-order valence-corrected chi connectivity index (χ1v) is 8.57. The Balaban J connectivity index is 2.09. The van der Waals surface area contributed by atoms with Crippen molar-refractivity contribution in [3.05, 3.63) is 54.1 Å². The minimum atomic E-state index is -0.247. The largest absolute Gasteiger partial charge is 0.493 e. The molecule has 0 aliphatic heterocycles. The molecule has 25 heavy (non-hydrogen) atoms. The number of rotatable bonds is 8. The normalized spacial score (nSPS) is 10.2. The quantitative estimate of drug-likeness (QED) is 0.745. The van der Waals surface area contributed by atoms with Crippen molar-refractivity contribution in [2.24, 2.45) is 0 Å². The molecule has 0 aromatic heterocycles. The average Bonchev–Trinajstić information content (AvgIpc) is 2.60. The molecule has 0 bridgehead atoms. The molecule has 0 atom stereocenters. The number of hydrogen-bond acceptors (Lipinski definition) is 3. The zero-order valence-corrected chi connectivity index (χ0v) is 14.7. The molecule has 5 heteroatoms. The van der Waals surface area contributed by atoms with Gasteiger partial charge >= 0.3 is 0 Å².